The maximum Gasteiger partial charge on any atom is 0.0707 e. The summed E-state index contributed by atoms with van der Waals surface area (Å²) in [6, 6.07) is 0.562. The molecule has 0 spiro atoms. The molecule has 2 rings (SSSR count). The summed E-state index contributed by atoms with van der Waals surface area (Å²) < 4.78 is 6.16. The van der Waals surface area contributed by atoms with Crippen molar-refractivity contribution in [3.05, 3.63) is 0 Å². The summed E-state index contributed by atoms with van der Waals surface area (Å²) in [7, 11) is 0. The van der Waals surface area contributed by atoms with Crippen LogP contribution in [-0.2, 0) is 4.74 Å². The third-order valence-electron chi connectivity index (χ3n) is 4.62. The Kier molecular flexibility index (Phi) is 5.27. The number of nitrogens with one attached hydrogen (secondary N) is 1. The first kappa shape index (κ1) is 15.3. The summed E-state index contributed by atoms with van der Waals surface area (Å²) in [5.41, 5.74) is 0.552. The number of hydrogen-bond acceptors (Lipinski definition) is 3. The lowest BCUT2D eigenvalue weighted by Crippen LogP contribution is -2.41. The van der Waals surface area contributed by atoms with Crippen molar-refractivity contribution in [3.63, 3.8) is 0 Å². The summed E-state index contributed by atoms with van der Waals surface area (Å²) in [6.45, 7) is 13.8. The van der Waals surface area contributed by atoms with Gasteiger partial charge in [0.2, 0.25) is 0 Å². The van der Waals surface area contributed by atoms with Gasteiger partial charge in [-0.15, -0.1) is 0 Å². The Bertz CT molecular complexity index is 268. The zero-order chi connectivity index (χ0) is 13.9. The van der Waals surface area contributed by atoms with Gasteiger partial charge in [0, 0.05) is 19.1 Å². The third kappa shape index (κ3) is 5.05. The van der Waals surface area contributed by atoms with Gasteiger partial charge in [-0.25, -0.2) is 0 Å². The first-order valence-electron chi connectivity index (χ1n) is 8.06. The normalized spacial score (nSPS) is 32.1. The lowest BCUT2D eigenvalue weighted by atomic mass is 9.82. The largest absolute Gasteiger partial charge is 0.372 e. The van der Waals surface area contributed by atoms with Gasteiger partial charge < -0.3 is 15.0 Å². The van der Waals surface area contributed by atoms with Crippen LogP contribution < -0.4 is 5.32 Å². The monoisotopic (exact) mass is 268 g/mol. The minimum absolute atomic E-state index is 0.439. The van der Waals surface area contributed by atoms with Crippen molar-refractivity contribution >= 4 is 0 Å². The molecule has 2 aliphatic heterocycles. The van der Waals surface area contributed by atoms with E-state index >= 15 is 0 Å². The lowest BCUT2D eigenvalue weighted by Gasteiger charge is -2.37. The van der Waals surface area contributed by atoms with Crippen molar-refractivity contribution in [2.75, 3.05) is 26.2 Å². The number of likely N-dealkylation sites (tertiary alicyclic amines) is 1. The van der Waals surface area contributed by atoms with E-state index < -0.39 is 0 Å². The summed E-state index contributed by atoms with van der Waals surface area (Å²) in [4.78, 5) is 2.61. The molecule has 3 nitrogen and oxygen atoms in total. The molecule has 0 radical (unpaired) electrons. The minimum Gasteiger partial charge on any atom is -0.372 e. The molecular weight excluding hydrogens is 236 g/mol. The SMILES string of the molecule is CC(C)NCC1CCC(CN2CCC(C)(C)CC2)O1. The molecular formula is C16H32N2O. The van der Waals surface area contributed by atoms with Gasteiger partial charge in [-0.1, -0.05) is 27.7 Å². The van der Waals surface area contributed by atoms with Gasteiger partial charge in [-0.2, -0.15) is 0 Å². The highest BCUT2D eigenvalue weighted by Crippen LogP contribution is 2.30. The molecule has 0 aliphatic carbocycles. The quantitative estimate of drug-likeness (QED) is 0.829. The predicted molar refractivity (Wildman–Crippen MR) is 80.5 cm³/mol. The maximum atomic E-state index is 6.16. The van der Waals surface area contributed by atoms with Crippen LogP contribution in [0.5, 0.6) is 0 Å². The van der Waals surface area contributed by atoms with Gasteiger partial charge in [0.1, 0.15) is 0 Å². The van der Waals surface area contributed by atoms with E-state index in [0.29, 0.717) is 23.7 Å². The van der Waals surface area contributed by atoms with Crippen LogP contribution in [0.25, 0.3) is 0 Å². The molecule has 0 bridgehead atoms. The van der Waals surface area contributed by atoms with E-state index in [1.807, 2.05) is 0 Å². The van der Waals surface area contributed by atoms with E-state index in [1.165, 1.54) is 38.8 Å². The molecule has 2 unspecified atom stereocenters. The molecule has 0 amide bonds. The van der Waals surface area contributed by atoms with Crippen LogP contribution in [-0.4, -0.2) is 49.3 Å². The fourth-order valence-electron chi connectivity index (χ4n) is 3.06. The molecule has 2 saturated heterocycles. The minimum atomic E-state index is 0.439. The van der Waals surface area contributed by atoms with Gasteiger partial charge in [-0.05, 0) is 44.2 Å². The van der Waals surface area contributed by atoms with Crippen molar-refractivity contribution in [1.29, 1.82) is 0 Å². The smallest absolute Gasteiger partial charge is 0.0707 e. The van der Waals surface area contributed by atoms with Crippen molar-refractivity contribution in [3.8, 4) is 0 Å². The van der Waals surface area contributed by atoms with Crippen LogP contribution in [0.2, 0.25) is 0 Å². The third-order valence-corrected chi connectivity index (χ3v) is 4.62. The Balaban J connectivity index is 1.65. The highest BCUT2D eigenvalue weighted by Gasteiger charge is 2.30. The van der Waals surface area contributed by atoms with Crippen molar-refractivity contribution in [1.82, 2.24) is 10.2 Å². The van der Waals surface area contributed by atoms with Gasteiger partial charge in [0.15, 0.2) is 0 Å². The van der Waals surface area contributed by atoms with E-state index in [0.717, 1.165) is 13.1 Å². The standard InChI is InChI=1S/C16H32N2O/c1-13(2)17-11-14-5-6-15(19-14)12-18-9-7-16(3,4)8-10-18/h13-15,17H,5-12H2,1-4H3. The molecule has 2 atom stereocenters. The molecule has 3 heteroatoms. The van der Waals surface area contributed by atoms with Crippen LogP contribution in [0.1, 0.15) is 53.4 Å². The van der Waals surface area contributed by atoms with Crippen LogP contribution in [0.15, 0.2) is 0 Å². The number of ether oxygens (including phenoxy) is 1. The first-order valence-corrected chi connectivity index (χ1v) is 8.06. The zero-order valence-corrected chi connectivity index (χ0v) is 13.2. The average Bonchev–Trinajstić information content (AvgIpc) is 2.77. The Labute approximate surface area is 119 Å². The van der Waals surface area contributed by atoms with Gasteiger partial charge >= 0.3 is 0 Å². The summed E-state index contributed by atoms with van der Waals surface area (Å²) in [5.74, 6) is 0. The van der Waals surface area contributed by atoms with E-state index in [-0.39, 0.29) is 0 Å². The van der Waals surface area contributed by atoms with Crippen molar-refractivity contribution in [2.45, 2.75) is 71.6 Å². The Morgan fingerprint density at radius 2 is 1.79 bits per heavy atom. The number of hydrogen-bond donors (Lipinski definition) is 1. The molecule has 2 heterocycles. The first-order chi connectivity index (χ1) is 8.94. The second-order valence-corrected chi connectivity index (χ2v) is 7.49. The van der Waals surface area contributed by atoms with Crippen molar-refractivity contribution in [2.24, 2.45) is 5.41 Å². The molecule has 0 aromatic heterocycles. The molecule has 0 aromatic carbocycles. The van der Waals surface area contributed by atoms with E-state index in [4.69, 9.17) is 4.74 Å². The second kappa shape index (κ2) is 6.55. The fraction of sp³-hybridized carbons (Fsp3) is 1.00. The highest BCUT2D eigenvalue weighted by molar-refractivity contribution is 4.83. The zero-order valence-electron chi connectivity index (χ0n) is 13.2. The molecule has 112 valence electrons. The van der Waals surface area contributed by atoms with E-state index in [2.05, 4.69) is 37.9 Å². The molecule has 0 saturated carbocycles. The number of rotatable bonds is 5. The molecule has 2 fully saturated rings. The second-order valence-electron chi connectivity index (χ2n) is 7.49. The molecule has 19 heavy (non-hydrogen) atoms. The summed E-state index contributed by atoms with van der Waals surface area (Å²) in [6.07, 6.45) is 6.04. The van der Waals surface area contributed by atoms with Crippen LogP contribution >= 0.6 is 0 Å². The Morgan fingerprint density at radius 1 is 1.16 bits per heavy atom. The number of nitrogens with zero attached hydrogens (tertiary/aromatic N) is 1. The van der Waals surface area contributed by atoms with Crippen LogP contribution in [0.4, 0.5) is 0 Å². The van der Waals surface area contributed by atoms with Crippen LogP contribution in [0.3, 0.4) is 0 Å². The Hall–Kier alpha value is -0.120. The van der Waals surface area contributed by atoms with E-state index in [1.54, 1.807) is 0 Å². The van der Waals surface area contributed by atoms with Gasteiger partial charge in [-0.3, -0.25) is 0 Å². The predicted octanol–water partition coefficient (Wildman–Crippen LogP) is 2.65. The lowest BCUT2D eigenvalue weighted by molar-refractivity contribution is 0.0108. The molecule has 1 N–H and O–H groups in total. The average molecular weight is 268 g/mol. The van der Waals surface area contributed by atoms with Crippen LogP contribution in [0, 0.1) is 5.41 Å². The topological polar surface area (TPSA) is 24.5 Å². The molecule has 2 aliphatic rings. The van der Waals surface area contributed by atoms with E-state index in [9.17, 15) is 0 Å². The Morgan fingerprint density at radius 3 is 2.42 bits per heavy atom. The summed E-state index contributed by atoms with van der Waals surface area (Å²) in [5, 5.41) is 3.48. The fourth-order valence-corrected chi connectivity index (χ4v) is 3.06. The maximum absolute atomic E-state index is 6.16. The van der Waals surface area contributed by atoms with Gasteiger partial charge in [0.05, 0.1) is 12.2 Å². The summed E-state index contributed by atoms with van der Waals surface area (Å²) >= 11 is 0. The highest BCUT2D eigenvalue weighted by atomic mass is 16.5. The van der Waals surface area contributed by atoms with Gasteiger partial charge in [0.25, 0.3) is 0 Å². The number of piperidine rings is 1. The van der Waals surface area contributed by atoms with Crippen molar-refractivity contribution < 1.29 is 4.74 Å². The molecule has 0 aromatic rings.